The van der Waals surface area contributed by atoms with E-state index in [1.165, 1.54) is 0 Å². The SMILES string of the molecule is CC(C)CC1CN(c2ccc(Br)c(F)c2)CCCN1. The second-order valence-corrected chi connectivity index (χ2v) is 6.53. The smallest absolute Gasteiger partial charge is 0.139 e. The Morgan fingerprint density at radius 2 is 2.26 bits per heavy atom. The molecule has 1 aliphatic heterocycles. The van der Waals surface area contributed by atoms with Crippen molar-refractivity contribution in [3.63, 3.8) is 0 Å². The van der Waals surface area contributed by atoms with E-state index in [1.54, 1.807) is 12.1 Å². The lowest BCUT2D eigenvalue weighted by molar-refractivity contribution is 0.436. The standard InChI is InChI=1S/C15H22BrFN2/c1-11(2)8-12-10-19(7-3-6-18-12)13-4-5-14(16)15(17)9-13/h4-5,9,11-12,18H,3,6-8,10H2,1-2H3. The third-order valence-electron chi connectivity index (χ3n) is 3.50. The molecule has 19 heavy (non-hydrogen) atoms. The quantitative estimate of drug-likeness (QED) is 0.907. The van der Waals surface area contributed by atoms with E-state index in [0.29, 0.717) is 16.4 Å². The minimum absolute atomic E-state index is 0.185. The Labute approximate surface area is 123 Å². The van der Waals surface area contributed by atoms with Crippen molar-refractivity contribution >= 4 is 21.6 Å². The molecular formula is C15H22BrFN2. The van der Waals surface area contributed by atoms with Gasteiger partial charge in [0.2, 0.25) is 0 Å². The van der Waals surface area contributed by atoms with E-state index in [-0.39, 0.29) is 5.82 Å². The van der Waals surface area contributed by atoms with Crippen LogP contribution in [0.3, 0.4) is 0 Å². The molecule has 2 rings (SSSR count). The zero-order valence-corrected chi connectivity index (χ0v) is 13.2. The van der Waals surface area contributed by atoms with Crippen LogP contribution in [-0.2, 0) is 0 Å². The Kier molecular flexibility index (Phi) is 5.22. The van der Waals surface area contributed by atoms with Crippen molar-refractivity contribution in [2.45, 2.75) is 32.7 Å². The van der Waals surface area contributed by atoms with Gasteiger partial charge in [-0.15, -0.1) is 0 Å². The normalized spacial score (nSPS) is 20.7. The number of nitrogens with one attached hydrogen (secondary N) is 1. The van der Waals surface area contributed by atoms with Crippen molar-refractivity contribution in [1.82, 2.24) is 5.32 Å². The molecule has 1 saturated heterocycles. The van der Waals surface area contributed by atoms with Crippen molar-refractivity contribution in [3.8, 4) is 0 Å². The predicted octanol–water partition coefficient (Wildman–Crippen LogP) is 3.80. The summed E-state index contributed by atoms with van der Waals surface area (Å²) in [4.78, 5) is 2.29. The molecule has 0 amide bonds. The van der Waals surface area contributed by atoms with Crippen LogP contribution in [0.4, 0.5) is 10.1 Å². The van der Waals surface area contributed by atoms with E-state index in [0.717, 1.165) is 38.2 Å². The zero-order chi connectivity index (χ0) is 13.8. The van der Waals surface area contributed by atoms with Crippen LogP contribution in [-0.4, -0.2) is 25.7 Å². The predicted molar refractivity (Wildman–Crippen MR) is 82.2 cm³/mol. The molecule has 1 aromatic rings. The van der Waals surface area contributed by atoms with Crippen LogP contribution in [0.5, 0.6) is 0 Å². The largest absolute Gasteiger partial charge is 0.370 e. The van der Waals surface area contributed by atoms with Crippen molar-refractivity contribution in [3.05, 3.63) is 28.5 Å². The summed E-state index contributed by atoms with van der Waals surface area (Å²) in [6.07, 6.45) is 2.27. The van der Waals surface area contributed by atoms with Crippen LogP contribution in [0.2, 0.25) is 0 Å². The molecule has 0 aliphatic carbocycles. The summed E-state index contributed by atoms with van der Waals surface area (Å²) in [5.41, 5.74) is 0.984. The minimum atomic E-state index is -0.185. The first-order chi connectivity index (χ1) is 9.06. The Morgan fingerprint density at radius 3 is 2.95 bits per heavy atom. The van der Waals surface area contributed by atoms with Crippen LogP contribution < -0.4 is 10.2 Å². The first-order valence-electron chi connectivity index (χ1n) is 6.99. The number of benzene rings is 1. The van der Waals surface area contributed by atoms with Gasteiger partial charge in [0.1, 0.15) is 5.82 Å². The van der Waals surface area contributed by atoms with Crippen LogP contribution >= 0.6 is 15.9 Å². The van der Waals surface area contributed by atoms with E-state index in [9.17, 15) is 4.39 Å². The summed E-state index contributed by atoms with van der Waals surface area (Å²) in [7, 11) is 0. The summed E-state index contributed by atoms with van der Waals surface area (Å²) in [5.74, 6) is 0.495. The highest BCUT2D eigenvalue weighted by molar-refractivity contribution is 9.10. The van der Waals surface area contributed by atoms with Gasteiger partial charge in [0, 0.05) is 24.8 Å². The fraction of sp³-hybridized carbons (Fsp3) is 0.600. The van der Waals surface area contributed by atoms with Crippen LogP contribution in [0.15, 0.2) is 22.7 Å². The molecule has 2 nitrogen and oxygen atoms in total. The van der Waals surface area contributed by atoms with E-state index in [4.69, 9.17) is 0 Å². The van der Waals surface area contributed by atoms with E-state index in [2.05, 4.69) is 40.0 Å². The monoisotopic (exact) mass is 328 g/mol. The third kappa shape index (κ3) is 4.18. The number of nitrogens with zero attached hydrogens (tertiary/aromatic N) is 1. The second-order valence-electron chi connectivity index (χ2n) is 5.68. The summed E-state index contributed by atoms with van der Waals surface area (Å²) in [5, 5.41) is 3.59. The average Bonchev–Trinajstić information content (AvgIpc) is 2.57. The van der Waals surface area contributed by atoms with E-state index < -0.39 is 0 Å². The van der Waals surface area contributed by atoms with Gasteiger partial charge >= 0.3 is 0 Å². The molecule has 0 radical (unpaired) electrons. The van der Waals surface area contributed by atoms with Gasteiger partial charge in [0.25, 0.3) is 0 Å². The molecule has 1 aliphatic rings. The Bertz CT molecular complexity index is 423. The molecule has 1 aromatic carbocycles. The maximum Gasteiger partial charge on any atom is 0.139 e. The topological polar surface area (TPSA) is 15.3 Å². The lowest BCUT2D eigenvalue weighted by atomic mass is 10.0. The molecule has 0 aromatic heterocycles. The summed E-state index contributed by atoms with van der Waals surface area (Å²) in [6, 6.07) is 5.90. The minimum Gasteiger partial charge on any atom is -0.370 e. The van der Waals surface area contributed by atoms with Gasteiger partial charge in [-0.05, 0) is 59.4 Å². The number of anilines is 1. The lowest BCUT2D eigenvalue weighted by Crippen LogP contribution is -2.38. The van der Waals surface area contributed by atoms with Gasteiger partial charge in [-0.2, -0.15) is 0 Å². The maximum absolute atomic E-state index is 13.7. The van der Waals surface area contributed by atoms with Gasteiger partial charge in [0.15, 0.2) is 0 Å². The molecule has 1 atom stereocenters. The first-order valence-corrected chi connectivity index (χ1v) is 7.79. The average molecular weight is 329 g/mol. The van der Waals surface area contributed by atoms with Crippen molar-refractivity contribution in [1.29, 1.82) is 0 Å². The molecular weight excluding hydrogens is 307 g/mol. The van der Waals surface area contributed by atoms with Gasteiger partial charge in [0.05, 0.1) is 4.47 Å². The van der Waals surface area contributed by atoms with Crippen molar-refractivity contribution < 1.29 is 4.39 Å². The van der Waals surface area contributed by atoms with Crippen LogP contribution in [0.1, 0.15) is 26.7 Å². The molecule has 1 unspecified atom stereocenters. The Hall–Kier alpha value is -0.610. The second kappa shape index (κ2) is 6.71. The zero-order valence-electron chi connectivity index (χ0n) is 11.6. The fourth-order valence-electron chi connectivity index (χ4n) is 2.64. The number of rotatable bonds is 3. The number of hydrogen-bond acceptors (Lipinski definition) is 2. The van der Waals surface area contributed by atoms with Crippen molar-refractivity contribution in [2.75, 3.05) is 24.5 Å². The highest BCUT2D eigenvalue weighted by Crippen LogP contribution is 2.24. The molecule has 1 N–H and O–H groups in total. The maximum atomic E-state index is 13.7. The summed E-state index contributed by atoms with van der Waals surface area (Å²) < 4.78 is 14.2. The van der Waals surface area contributed by atoms with Crippen LogP contribution in [0, 0.1) is 11.7 Å². The first kappa shape index (κ1) is 14.8. The molecule has 0 saturated carbocycles. The molecule has 0 bridgehead atoms. The van der Waals surface area contributed by atoms with E-state index >= 15 is 0 Å². The van der Waals surface area contributed by atoms with Gasteiger partial charge < -0.3 is 10.2 Å². The summed E-state index contributed by atoms with van der Waals surface area (Å²) in [6.45, 7) is 7.49. The fourth-order valence-corrected chi connectivity index (χ4v) is 2.89. The summed E-state index contributed by atoms with van der Waals surface area (Å²) >= 11 is 3.21. The van der Waals surface area contributed by atoms with Crippen molar-refractivity contribution in [2.24, 2.45) is 5.92 Å². The molecule has 1 heterocycles. The Morgan fingerprint density at radius 1 is 1.47 bits per heavy atom. The van der Waals surface area contributed by atoms with Gasteiger partial charge in [-0.1, -0.05) is 13.8 Å². The highest BCUT2D eigenvalue weighted by Gasteiger charge is 2.19. The molecule has 0 spiro atoms. The number of hydrogen-bond donors (Lipinski definition) is 1. The third-order valence-corrected chi connectivity index (χ3v) is 4.15. The highest BCUT2D eigenvalue weighted by atomic mass is 79.9. The van der Waals surface area contributed by atoms with Crippen LogP contribution in [0.25, 0.3) is 0 Å². The molecule has 1 fully saturated rings. The van der Waals surface area contributed by atoms with E-state index in [1.807, 2.05) is 6.07 Å². The Balaban J connectivity index is 2.10. The van der Waals surface area contributed by atoms with Gasteiger partial charge in [-0.25, -0.2) is 4.39 Å². The number of halogens is 2. The molecule has 106 valence electrons. The van der Waals surface area contributed by atoms with Gasteiger partial charge in [-0.3, -0.25) is 0 Å². The molecule has 4 heteroatoms. The lowest BCUT2D eigenvalue weighted by Gasteiger charge is -2.27.